The number of carbonyl (C=O) groups excluding carboxylic acids is 1. The zero-order valence-corrected chi connectivity index (χ0v) is 12.6. The van der Waals surface area contributed by atoms with Gasteiger partial charge in [0.05, 0.1) is 6.04 Å². The first-order chi connectivity index (χ1) is 8.42. The Hall–Kier alpha value is -0.650. The number of likely N-dealkylation sites (N-methyl/N-ethyl adjacent to an activating group) is 1. The highest BCUT2D eigenvalue weighted by Crippen LogP contribution is 2.10. The second kappa shape index (κ2) is 9.30. The molecule has 0 spiro atoms. The third-order valence-electron chi connectivity index (χ3n) is 2.88. The molecule has 0 rings (SSSR count). The van der Waals surface area contributed by atoms with Crippen LogP contribution in [0.2, 0.25) is 0 Å². The quantitative estimate of drug-likeness (QED) is 0.362. The molecule has 0 saturated heterocycles. The SMILES string of the molecule is CCCC(C(=O)NN)N(CCN(C)C)CC(C)C. The second-order valence-corrected chi connectivity index (χ2v) is 5.51. The van der Waals surface area contributed by atoms with Crippen molar-refractivity contribution in [1.29, 1.82) is 0 Å². The summed E-state index contributed by atoms with van der Waals surface area (Å²) in [5.41, 5.74) is 2.30. The maximum atomic E-state index is 11.9. The Bertz CT molecular complexity index is 231. The van der Waals surface area contributed by atoms with Crippen LogP contribution in [0.5, 0.6) is 0 Å². The van der Waals surface area contributed by atoms with Crippen LogP contribution in [0.1, 0.15) is 33.6 Å². The third-order valence-corrected chi connectivity index (χ3v) is 2.88. The molecule has 0 fully saturated rings. The smallest absolute Gasteiger partial charge is 0.251 e. The molecule has 108 valence electrons. The fourth-order valence-corrected chi connectivity index (χ4v) is 2.02. The van der Waals surface area contributed by atoms with Gasteiger partial charge in [0.25, 0.3) is 5.91 Å². The minimum Gasteiger partial charge on any atom is -0.308 e. The number of nitrogens with one attached hydrogen (secondary N) is 1. The van der Waals surface area contributed by atoms with E-state index >= 15 is 0 Å². The first-order valence-corrected chi connectivity index (χ1v) is 6.81. The molecule has 0 radical (unpaired) electrons. The summed E-state index contributed by atoms with van der Waals surface area (Å²) in [6, 6.07) is -0.109. The number of carbonyl (C=O) groups is 1. The molecule has 0 aliphatic carbocycles. The van der Waals surface area contributed by atoms with Gasteiger partial charge in [-0.15, -0.1) is 0 Å². The molecule has 3 N–H and O–H groups in total. The van der Waals surface area contributed by atoms with Crippen molar-refractivity contribution >= 4 is 5.91 Å². The number of rotatable bonds is 9. The van der Waals surface area contributed by atoms with E-state index in [1.54, 1.807) is 0 Å². The molecular formula is C13H30N4O. The first kappa shape index (κ1) is 17.4. The van der Waals surface area contributed by atoms with Gasteiger partial charge in [0.1, 0.15) is 0 Å². The predicted octanol–water partition coefficient (Wildman–Crippen LogP) is 0.665. The molecule has 0 aliphatic rings. The van der Waals surface area contributed by atoms with Crippen molar-refractivity contribution in [3.8, 4) is 0 Å². The molecule has 0 aromatic rings. The monoisotopic (exact) mass is 258 g/mol. The van der Waals surface area contributed by atoms with Crippen molar-refractivity contribution in [2.75, 3.05) is 33.7 Å². The normalized spacial score (nSPS) is 13.4. The highest BCUT2D eigenvalue weighted by atomic mass is 16.2. The summed E-state index contributed by atoms with van der Waals surface area (Å²) in [4.78, 5) is 16.3. The van der Waals surface area contributed by atoms with E-state index in [4.69, 9.17) is 5.84 Å². The van der Waals surface area contributed by atoms with Crippen LogP contribution in [0.3, 0.4) is 0 Å². The van der Waals surface area contributed by atoms with Gasteiger partial charge in [0, 0.05) is 19.6 Å². The van der Waals surface area contributed by atoms with Crippen LogP contribution >= 0.6 is 0 Å². The van der Waals surface area contributed by atoms with E-state index in [1.807, 2.05) is 14.1 Å². The van der Waals surface area contributed by atoms with Crippen LogP contribution in [0.15, 0.2) is 0 Å². The molecule has 5 heteroatoms. The number of hydrogen-bond acceptors (Lipinski definition) is 4. The van der Waals surface area contributed by atoms with Gasteiger partial charge in [0.15, 0.2) is 0 Å². The van der Waals surface area contributed by atoms with Gasteiger partial charge in [-0.05, 0) is 26.4 Å². The predicted molar refractivity (Wildman–Crippen MR) is 76.0 cm³/mol. The molecule has 1 atom stereocenters. The summed E-state index contributed by atoms with van der Waals surface area (Å²) >= 11 is 0. The van der Waals surface area contributed by atoms with Gasteiger partial charge in [-0.25, -0.2) is 5.84 Å². The number of amides is 1. The summed E-state index contributed by atoms with van der Waals surface area (Å²) < 4.78 is 0. The molecule has 0 aromatic heterocycles. The van der Waals surface area contributed by atoms with E-state index in [1.165, 1.54) is 0 Å². The number of hydrogen-bond donors (Lipinski definition) is 2. The average Bonchev–Trinajstić information content (AvgIpc) is 2.30. The highest BCUT2D eigenvalue weighted by Gasteiger charge is 2.24. The molecule has 0 aliphatic heterocycles. The van der Waals surface area contributed by atoms with Crippen molar-refractivity contribution in [2.24, 2.45) is 11.8 Å². The largest absolute Gasteiger partial charge is 0.308 e. The topological polar surface area (TPSA) is 61.6 Å². The lowest BCUT2D eigenvalue weighted by Gasteiger charge is -2.32. The van der Waals surface area contributed by atoms with Gasteiger partial charge in [-0.1, -0.05) is 27.2 Å². The van der Waals surface area contributed by atoms with Crippen molar-refractivity contribution in [2.45, 2.75) is 39.7 Å². The molecule has 5 nitrogen and oxygen atoms in total. The average molecular weight is 258 g/mol. The second-order valence-electron chi connectivity index (χ2n) is 5.51. The third kappa shape index (κ3) is 6.93. The van der Waals surface area contributed by atoms with Crippen LogP contribution in [0, 0.1) is 5.92 Å². The Morgan fingerprint density at radius 2 is 1.89 bits per heavy atom. The maximum Gasteiger partial charge on any atom is 0.251 e. The van der Waals surface area contributed by atoms with E-state index < -0.39 is 0 Å². The van der Waals surface area contributed by atoms with Gasteiger partial charge < -0.3 is 4.90 Å². The molecule has 1 unspecified atom stereocenters. The molecule has 1 amide bonds. The number of hydrazine groups is 1. The lowest BCUT2D eigenvalue weighted by atomic mass is 10.1. The Morgan fingerprint density at radius 1 is 1.28 bits per heavy atom. The van der Waals surface area contributed by atoms with E-state index in [2.05, 4.69) is 36.0 Å². The Morgan fingerprint density at radius 3 is 2.28 bits per heavy atom. The van der Waals surface area contributed by atoms with Crippen LogP contribution in [0.4, 0.5) is 0 Å². The van der Waals surface area contributed by atoms with E-state index in [-0.39, 0.29) is 11.9 Å². The zero-order valence-electron chi connectivity index (χ0n) is 12.6. The highest BCUT2D eigenvalue weighted by molar-refractivity contribution is 5.81. The summed E-state index contributed by atoms with van der Waals surface area (Å²) in [6.07, 6.45) is 1.83. The van der Waals surface area contributed by atoms with E-state index in [9.17, 15) is 4.79 Å². The van der Waals surface area contributed by atoms with Crippen LogP contribution < -0.4 is 11.3 Å². The molecule has 18 heavy (non-hydrogen) atoms. The summed E-state index contributed by atoms with van der Waals surface area (Å²) in [5, 5.41) is 0. The molecule has 0 bridgehead atoms. The summed E-state index contributed by atoms with van der Waals surface area (Å²) in [6.45, 7) is 9.20. The standard InChI is InChI=1S/C13H30N4O/c1-6-7-12(13(18)15-14)17(10-11(2)3)9-8-16(4)5/h11-12H,6-10,14H2,1-5H3,(H,15,18). The van der Waals surface area contributed by atoms with Crippen LogP contribution in [-0.4, -0.2) is 55.5 Å². The van der Waals surface area contributed by atoms with E-state index in [0.29, 0.717) is 5.92 Å². The lowest BCUT2D eigenvalue weighted by Crippen LogP contribution is -2.51. The first-order valence-electron chi connectivity index (χ1n) is 6.81. The lowest BCUT2D eigenvalue weighted by molar-refractivity contribution is -0.127. The maximum absolute atomic E-state index is 11.9. The van der Waals surface area contributed by atoms with E-state index in [0.717, 1.165) is 32.5 Å². The minimum absolute atomic E-state index is 0.0729. The molecular weight excluding hydrogens is 228 g/mol. The number of nitrogens with two attached hydrogens (primary N) is 1. The van der Waals surface area contributed by atoms with Crippen molar-refractivity contribution in [3.63, 3.8) is 0 Å². The van der Waals surface area contributed by atoms with Crippen LogP contribution in [0.25, 0.3) is 0 Å². The Balaban J connectivity index is 4.67. The number of nitrogens with zero attached hydrogens (tertiary/aromatic N) is 2. The minimum atomic E-state index is -0.109. The Kier molecular flexibility index (Phi) is 8.97. The van der Waals surface area contributed by atoms with Crippen LogP contribution in [-0.2, 0) is 4.79 Å². The van der Waals surface area contributed by atoms with Gasteiger partial charge in [-0.2, -0.15) is 0 Å². The molecule has 0 aromatic carbocycles. The van der Waals surface area contributed by atoms with Crippen molar-refractivity contribution < 1.29 is 4.79 Å². The van der Waals surface area contributed by atoms with Gasteiger partial charge in [-0.3, -0.25) is 15.1 Å². The van der Waals surface area contributed by atoms with Crippen molar-refractivity contribution in [1.82, 2.24) is 15.2 Å². The Labute approximate surface area is 112 Å². The molecule has 0 heterocycles. The van der Waals surface area contributed by atoms with Crippen molar-refractivity contribution in [3.05, 3.63) is 0 Å². The zero-order chi connectivity index (χ0) is 14.1. The summed E-state index contributed by atoms with van der Waals surface area (Å²) in [7, 11) is 4.09. The molecule has 0 saturated carbocycles. The van der Waals surface area contributed by atoms with Gasteiger partial charge in [0.2, 0.25) is 0 Å². The fourth-order valence-electron chi connectivity index (χ4n) is 2.02. The fraction of sp³-hybridized carbons (Fsp3) is 0.923. The summed E-state index contributed by atoms with van der Waals surface area (Å²) in [5.74, 6) is 5.76. The van der Waals surface area contributed by atoms with Gasteiger partial charge >= 0.3 is 0 Å².